The molecule has 0 aliphatic heterocycles. The van der Waals surface area contributed by atoms with E-state index in [9.17, 15) is 0 Å². The van der Waals surface area contributed by atoms with Gasteiger partial charge in [-0.15, -0.1) is 0 Å². The summed E-state index contributed by atoms with van der Waals surface area (Å²) >= 11 is 5.50. The summed E-state index contributed by atoms with van der Waals surface area (Å²) in [4.78, 5) is 4.15. The van der Waals surface area contributed by atoms with Gasteiger partial charge in [-0.25, -0.2) is 4.98 Å². The number of nitrogens with one attached hydrogen (secondary N) is 2. The maximum Gasteiger partial charge on any atom is 0.171 e. The number of benzene rings is 1. The number of imidazole rings is 1. The summed E-state index contributed by atoms with van der Waals surface area (Å²) in [5.41, 5.74) is 0.257. The van der Waals surface area contributed by atoms with Crippen LogP contribution in [-0.2, 0) is 5.54 Å². The molecule has 0 aliphatic rings. The fourth-order valence-corrected chi connectivity index (χ4v) is 2.80. The summed E-state index contributed by atoms with van der Waals surface area (Å²) in [6, 6.07) is 5.58. The highest BCUT2D eigenvalue weighted by Gasteiger charge is 2.38. The zero-order valence-electron chi connectivity index (χ0n) is 15.6. The fraction of sp³-hybridized carbons (Fsp3) is 0.444. The highest BCUT2D eigenvalue weighted by atomic mass is 32.1. The summed E-state index contributed by atoms with van der Waals surface area (Å²) in [7, 11) is 3.22. The van der Waals surface area contributed by atoms with E-state index in [1.54, 1.807) is 20.4 Å². The lowest BCUT2D eigenvalue weighted by molar-refractivity contribution is 0.184. The number of nitrogens with zero attached hydrogens (tertiary/aromatic N) is 2. The van der Waals surface area contributed by atoms with E-state index in [1.165, 1.54) is 0 Å². The average molecular weight is 362 g/mol. The molecule has 0 bridgehead atoms. The van der Waals surface area contributed by atoms with Crippen molar-refractivity contribution in [2.45, 2.75) is 38.8 Å². The predicted molar refractivity (Wildman–Crippen MR) is 105 cm³/mol. The van der Waals surface area contributed by atoms with Gasteiger partial charge in [0.25, 0.3) is 0 Å². The lowest BCUT2D eigenvalue weighted by atomic mass is 9.82. The number of rotatable bonds is 6. The summed E-state index contributed by atoms with van der Waals surface area (Å²) in [5, 5.41) is 7.13. The molecular weight excluding hydrogens is 336 g/mol. The van der Waals surface area contributed by atoms with Gasteiger partial charge in [0.05, 0.1) is 31.6 Å². The van der Waals surface area contributed by atoms with Gasteiger partial charge in [-0.1, -0.05) is 0 Å². The molecule has 0 fully saturated rings. The highest BCUT2D eigenvalue weighted by Crippen LogP contribution is 2.31. The van der Waals surface area contributed by atoms with Crippen LogP contribution in [0.5, 0.6) is 11.5 Å². The predicted octanol–water partition coefficient (Wildman–Crippen LogP) is 3.40. The summed E-state index contributed by atoms with van der Waals surface area (Å²) in [5.74, 6) is 1.32. The Balaban J connectivity index is 2.11. The fourth-order valence-electron chi connectivity index (χ4n) is 2.43. The number of thiocarbonyl (C=S) groups is 1. The minimum absolute atomic E-state index is 0.243. The molecule has 1 heterocycles. The van der Waals surface area contributed by atoms with E-state index in [0.717, 1.165) is 5.69 Å². The van der Waals surface area contributed by atoms with Crippen molar-refractivity contribution in [3.63, 3.8) is 0 Å². The van der Waals surface area contributed by atoms with Crippen LogP contribution in [0.1, 0.15) is 27.7 Å². The SMILES string of the molecule is COc1ccc(NC(=S)NC(C)(C)C(C)(C)n2ccnc2)cc1OC. The molecule has 0 atom stereocenters. The van der Waals surface area contributed by atoms with E-state index >= 15 is 0 Å². The molecule has 0 amide bonds. The van der Waals surface area contributed by atoms with E-state index < -0.39 is 0 Å². The molecular formula is C18H26N4O2S. The molecule has 0 unspecified atom stereocenters. The van der Waals surface area contributed by atoms with Gasteiger partial charge in [0.1, 0.15) is 0 Å². The van der Waals surface area contributed by atoms with Crippen molar-refractivity contribution >= 4 is 23.0 Å². The van der Waals surface area contributed by atoms with Gasteiger partial charge in [0, 0.05) is 24.1 Å². The molecule has 0 spiro atoms. The van der Waals surface area contributed by atoms with Gasteiger partial charge in [-0.3, -0.25) is 0 Å². The first-order valence-corrected chi connectivity index (χ1v) is 8.41. The Morgan fingerprint density at radius 1 is 1.12 bits per heavy atom. The number of hydrogen-bond acceptors (Lipinski definition) is 4. The second-order valence-corrected chi connectivity index (χ2v) is 7.21. The van der Waals surface area contributed by atoms with Crippen molar-refractivity contribution in [3.05, 3.63) is 36.9 Å². The van der Waals surface area contributed by atoms with E-state index in [0.29, 0.717) is 16.6 Å². The van der Waals surface area contributed by atoms with Crippen molar-refractivity contribution in [1.29, 1.82) is 0 Å². The molecule has 7 heteroatoms. The monoisotopic (exact) mass is 362 g/mol. The Morgan fingerprint density at radius 2 is 1.80 bits per heavy atom. The Labute approximate surface area is 154 Å². The molecule has 0 radical (unpaired) electrons. The van der Waals surface area contributed by atoms with Crippen molar-refractivity contribution in [2.24, 2.45) is 0 Å². The number of ether oxygens (including phenoxy) is 2. The topological polar surface area (TPSA) is 60.3 Å². The number of hydrogen-bond donors (Lipinski definition) is 2. The number of methoxy groups -OCH3 is 2. The van der Waals surface area contributed by atoms with E-state index in [-0.39, 0.29) is 11.1 Å². The Morgan fingerprint density at radius 3 is 2.36 bits per heavy atom. The molecule has 1 aromatic carbocycles. The first-order chi connectivity index (χ1) is 11.7. The highest BCUT2D eigenvalue weighted by molar-refractivity contribution is 7.80. The zero-order valence-corrected chi connectivity index (χ0v) is 16.4. The Hall–Kier alpha value is -2.28. The average Bonchev–Trinajstić information content (AvgIpc) is 3.09. The van der Waals surface area contributed by atoms with Gasteiger partial charge in [-0.2, -0.15) is 0 Å². The summed E-state index contributed by atoms with van der Waals surface area (Å²) < 4.78 is 12.6. The van der Waals surface area contributed by atoms with Crippen molar-refractivity contribution in [1.82, 2.24) is 14.9 Å². The summed E-state index contributed by atoms with van der Waals surface area (Å²) in [6.45, 7) is 8.49. The Bertz CT molecular complexity index is 727. The van der Waals surface area contributed by atoms with Crippen LogP contribution >= 0.6 is 12.2 Å². The smallest absolute Gasteiger partial charge is 0.171 e. The number of aromatic nitrogens is 2. The van der Waals surface area contributed by atoms with Crippen LogP contribution in [0, 0.1) is 0 Å². The third-order valence-electron chi connectivity index (χ3n) is 4.75. The third kappa shape index (κ3) is 4.04. The second kappa shape index (κ2) is 7.31. The summed E-state index contributed by atoms with van der Waals surface area (Å²) in [6.07, 6.45) is 5.54. The molecule has 2 aromatic rings. The Kier molecular flexibility index (Phi) is 5.57. The molecule has 6 nitrogen and oxygen atoms in total. The van der Waals surface area contributed by atoms with E-state index in [1.807, 2.05) is 30.7 Å². The molecule has 2 rings (SSSR count). The van der Waals surface area contributed by atoms with Crippen LogP contribution in [0.25, 0.3) is 0 Å². The van der Waals surface area contributed by atoms with Gasteiger partial charge >= 0.3 is 0 Å². The van der Waals surface area contributed by atoms with Crippen molar-refractivity contribution < 1.29 is 9.47 Å². The van der Waals surface area contributed by atoms with Crippen LogP contribution < -0.4 is 20.1 Å². The molecule has 25 heavy (non-hydrogen) atoms. The van der Waals surface area contributed by atoms with Crippen molar-refractivity contribution in [2.75, 3.05) is 19.5 Å². The van der Waals surface area contributed by atoms with Crippen molar-refractivity contribution in [3.8, 4) is 11.5 Å². The van der Waals surface area contributed by atoms with Gasteiger partial charge in [0.15, 0.2) is 16.6 Å². The van der Waals surface area contributed by atoms with Crippen LogP contribution in [0.3, 0.4) is 0 Å². The van der Waals surface area contributed by atoms with E-state index in [4.69, 9.17) is 21.7 Å². The maximum absolute atomic E-state index is 5.50. The van der Waals surface area contributed by atoms with E-state index in [2.05, 4.69) is 47.9 Å². The number of anilines is 1. The lowest BCUT2D eigenvalue weighted by Gasteiger charge is -2.43. The van der Waals surface area contributed by atoms with Gasteiger partial charge in [-0.05, 0) is 52.0 Å². The third-order valence-corrected chi connectivity index (χ3v) is 4.95. The van der Waals surface area contributed by atoms with Crippen LogP contribution in [0.4, 0.5) is 5.69 Å². The first-order valence-electron chi connectivity index (χ1n) is 8.01. The lowest BCUT2D eigenvalue weighted by Crippen LogP contribution is -2.59. The molecule has 0 saturated heterocycles. The van der Waals surface area contributed by atoms with Gasteiger partial charge in [0.2, 0.25) is 0 Å². The minimum Gasteiger partial charge on any atom is -0.493 e. The quantitative estimate of drug-likeness (QED) is 0.768. The van der Waals surface area contributed by atoms with Crippen LogP contribution in [0.15, 0.2) is 36.9 Å². The molecule has 1 aromatic heterocycles. The standard InChI is InChI=1S/C18H26N4O2S/c1-17(2,18(3,4)22-10-9-19-12-22)21-16(25)20-13-7-8-14(23-5)15(11-13)24-6/h7-12H,1-6H3,(H2,20,21,25). The minimum atomic E-state index is -0.325. The second-order valence-electron chi connectivity index (χ2n) is 6.80. The maximum atomic E-state index is 5.50. The van der Waals surface area contributed by atoms with Crippen LogP contribution in [0.2, 0.25) is 0 Å². The molecule has 136 valence electrons. The van der Waals surface area contributed by atoms with Gasteiger partial charge < -0.3 is 24.7 Å². The molecule has 0 aliphatic carbocycles. The first kappa shape index (κ1) is 19.1. The largest absolute Gasteiger partial charge is 0.493 e. The zero-order chi connectivity index (χ0) is 18.7. The molecule has 0 saturated carbocycles. The normalized spacial score (nSPS) is 11.8. The van der Waals surface area contributed by atoms with Crippen LogP contribution in [-0.4, -0.2) is 34.4 Å². The molecule has 2 N–H and O–H groups in total.